The zero-order valence-corrected chi connectivity index (χ0v) is 43.2. The molecule has 0 saturated carbocycles. The van der Waals surface area contributed by atoms with E-state index < -0.39 is 12.1 Å². The summed E-state index contributed by atoms with van der Waals surface area (Å²) >= 11 is 0. The lowest BCUT2D eigenvalue weighted by Gasteiger charge is -2.19. The molecule has 0 fully saturated rings. The number of unbranched alkanes of at least 4 members (excludes halogenated alkanes) is 32. The van der Waals surface area contributed by atoms with Crippen LogP contribution in [-0.2, 0) is 4.79 Å². The lowest BCUT2D eigenvalue weighted by molar-refractivity contribution is -0.123. The SMILES string of the molecule is CC/C=C\C/C=C\C/C=C\C/C=C\C/C=C\CCCCCCCC(=O)NC(CO)C(O)/C=C/CC/C=C/CCCCCCCCCCCCCCCCCCCCCCCCCCCC. The van der Waals surface area contributed by atoms with Crippen molar-refractivity contribution < 1.29 is 15.0 Å². The predicted molar refractivity (Wildman–Crippen MR) is 290 cm³/mol. The van der Waals surface area contributed by atoms with Crippen LogP contribution in [0.1, 0.15) is 277 Å². The van der Waals surface area contributed by atoms with Gasteiger partial charge in [0.25, 0.3) is 0 Å². The minimum Gasteiger partial charge on any atom is -0.394 e. The highest BCUT2D eigenvalue weighted by Gasteiger charge is 2.17. The molecule has 0 aliphatic carbocycles. The van der Waals surface area contributed by atoms with Gasteiger partial charge in [-0.15, -0.1) is 0 Å². The molecular weight excluding hydrogens is 795 g/mol. The third-order valence-electron chi connectivity index (χ3n) is 12.6. The van der Waals surface area contributed by atoms with E-state index in [1.807, 2.05) is 6.08 Å². The van der Waals surface area contributed by atoms with Crippen LogP contribution in [-0.4, -0.2) is 34.9 Å². The van der Waals surface area contributed by atoms with E-state index in [2.05, 4.69) is 92.1 Å². The molecule has 65 heavy (non-hydrogen) atoms. The Kier molecular flexibility index (Phi) is 53.8. The van der Waals surface area contributed by atoms with Crippen molar-refractivity contribution in [3.8, 4) is 0 Å². The van der Waals surface area contributed by atoms with Crippen LogP contribution in [0.2, 0.25) is 0 Å². The van der Waals surface area contributed by atoms with Crippen molar-refractivity contribution in [2.24, 2.45) is 0 Å². The third-order valence-corrected chi connectivity index (χ3v) is 12.6. The molecule has 3 N–H and O–H groups in total. The highest BCUT2D eigenvalue weighted by Crippen LogP contribution is 2.17. The Hall–Kier alpha value is -2.43. The normalized spacial score (nSPS) is 13.5. The lowest BCUT2D eigenvalue weighted by Crippen LogP contribution is -2.45. The van der Waals surface area contributed by atoms with Crippen molar-refractivity contribution in [3.05, 3.63) is 85.1 Å². The number of amides is 1. The van der Waals surface area contributed by atoms with E-state index in [1.54, 1.807) is 6.08 Å². The monoisotopic (exact) mass is 904 g/mol. The molecule has 376 valence electrons. The van der Waals surface area contributed by atoms with Crippen LogP contribution in [0.25, 0.3) is 0 Å². The minimum atomic E-state index is -0.877. The second kappa shape index (κ2) is 55.9. The van der Waals surface area contributed by atoms with Gasteiger partial charge >= 0.3 is 0 Å². The molecular formula is C61H109NO3. The zero-order valence-electron chi connectivity index (χ0n) is 43.2. The van der Waals surface area contributed by atoms with Gasteiger partial charge in [0, 0.05) is 6.42 Å². The van der Waals surface area contributed by atoms with Crippen molar-refractivity contribution in [2.75, 3.05) is 6.61 Å². The summed E-state index contributed by atoms with van der Waals surface area (Å²) in [7, 11) is 0. The predicted octanol–water partition coefficient (Wildman–Crippen LogP) is 18.8. The largest absolute Gasteiger partial charge is 0.394 e. The van der Waals surface area contributed by atoms with E-state index >= 15 is 0 Å². The van der Waals surface area contributed by atoms with Crippen molar-refractivity contribution in [1.29, 1.82) is 0 Å². The first-order valence-corrected chi connectivity index (χ1v) is 28.3. The number of allylic oxidation sites excluding steroid dienone is 13. The molecule has 1 amide bonds. The molecule has 0 saturated heterocycles. The maximum absolute atomic E-state index is 12.4. The maximum atomic E-state index is 12.4. The van der Waals surface area contributed by atoms with Crippen molar-refractivity contribution in [2.45, 2.75) is 289 Å². The molecule has 4 nitrogen and oxygen atoms in total. The topological polar surface area (TPSA) is 69.6 Å². The smallest absolute Gasteiger partial charge is 0.220 e. The highest BCUT2D eigenvalue weighted by atomic mass is 16.3. The van der Waals surface area contributed by atoms with Gasteiger partial charge in [-0.1, -0.05) is 279 Å². The molecule has 0 radical (unpaired) electrons. The van der Waals surface area contributed by atoms with Crippen LogP contribution >= 0.6 is 0 Å². The van der Waals surface area contributed by atoms with E-state index in [0.29, 0.717) is 6.42 Å². The first-order chi connectivity index (χ1) is 32.2. The fourth-order valence-electron chi connectivity index (χ4n) is 8.34. The number of carbonyl (C=O) groups excluding carboxylic acids is 1. The van der Waals surface area contributed by atoms with Crippen LogP contribution in [0.3, 0.4) is 0 Å². The fraction of sp³-hybridized carbons (Fsp3) is 0.754. The van der Waals surface area contributed by atoms with Gasteiger partial charge in [-0.05, 0) is 77.0 Å². The summed E-state index contributed by atoms with van der Waals surface area (Å²) in [5.74, 6) is -0.0933. The first-order valence-electron chi connectivity index (χ1n) is 28.3. The quantitative estimate of drug-likeness (QED) is 0.0421. The fourth-order valence-corrected chi connectivity index (χ4v) is 8.34. The molecule has 0 aromatic carbocycles. The van der Waals surface area contributed by atoms with E-state index in [4.69, 9.17) is 0 Å². The number of hydrogen-bond donors (Lipinski definition) is 3. The third kappa shape index (κ3) is 52.4. The summed E-state index contributed by atoms with van der Waals surface area (Å²) < 4.78 is 0. The zero-order chi connectivity index (χ0) is 47.0. The van der Waals surface area contributed by atoms with Gasteiger partial charge in [-0.2, -0.15) is 0 Å². The van der Waals surface area contributed by atoms with Crippen LogP contribution in [0.5, 0.6) is 0 Å². The minimum absolute atomic E-state index is 0.0933. The number of carbonyl (C=O) groups is 1. The molecule has 0 bridgehead atoms. The average Bonchev–Trinajstić information content (AvgIpc) is 3.31. The Balaban J connectivity index is 3.56. The molecule has 0 rings (SSSR count). The second-order valence-electron chi connectivity index (χ2n) is 19.0. The molecule has 2 atom stereocenters. The Bertz CT molecular complexity index is 1160. The summed E-state index contributed by atoms with van der Waals surface area (Å²) in [5, 5.41) is 23.1. The molecule has 0 aromatic rings. The van der Waals surface area contributed by atoms with Crippen LogP contribution < -0.4 is 5.32 Å². The molecule has 0 heterocycles. The van der Waals surface area contributed by atoms with E-state index in [9.17, 15) is 15.0 Å². The van der Waals surface area contributed by atoms with Gasteiger partial charge in [0.15, 0.2) is 0 Å². The summed E-state index contributed by atoms with van der Waals surface area (Å²) in [6, 6.07) is -0.656. The summed E-state index contributed by atoms with van der Waals surface area (Å²) in [6.07, 6.45) is 81.8. The highest BCUT2D eigenvalue weighted by molar-refractivity contribution is 5.76. The summed E-state index contributed by atoms with van der Waals surface area (Å²) in [4.78, 5) is 12.4. The lowest BCUT2D eigenvalue weighted by atomic mass is 10.0. The van der Waals surface area contributed by atoms with Crippen LogP contribution in [0, 0.1) is 0 Å². The number of rotatable bonds is 51. The van der Waals surface area contributed by atoms with Gasteiger partial charge in [0.05, 0.1) is 18.8 Å². The Morgan fingerprint density at radius 1 is 0.385 bits per heavy atom. The van der Waals surface area contributed by atoms with E-state index in [0.717, 1.165) is 77.0 Å². The van der Waals surface area contributed by atoms with Crippen molar-refractivity contribution in [3.63, 3.8) is 0 Å². The Labute approximate surface area is 405 Å². The van der Waals surface area contributed by atoms with Gasteiger partial charge in [0.1, 0.15) is 0 Å². The second-order valence-corrected chi connectivity index (χ2v) is 19.0. The van der Waals surface area contributed by atoms with Gasteiger partial charge in [0.2, 0.25) is 5.91 Å². The number of aliphatic hydroxyl groups is 2. The van der Waals surface area contributed by atoms with Crippen LogP contribution in [0.15, 0.2) is 85.1 Å². The van der Waals surface area contributed by atoms with Crippen molar-refractivity contribution >= 4 is 5.91 Å². The van der Waals surface area contributed by atoms with E-state index in [-0.39, 0.29) is 12.5 Å². The summed E-state index contributed by atoms with van der Waals surface area (Å²) in [6.45, 7) is 4.19. The Morgan fingerprint density at radius 2 is 0.692 bits per heavy atom. The number of aliphatic hydroxyl groups excluding tert-OH is 2. The molecule has 0 aliphatic rings. The van der Waals surface area contributed by atoms with E-state index in [1.165, 1.54) is 180 Å². The van der Waals surface area contributed by atoms with Gasteiger partial charge in [-0.25, -0.2) is 0 Å². The summed E-state index contributed by atoms with van der Waals surface area (Å²) in [5.41, 5.74) is 0. The number of hydrogen-bond acceptors (Lipinski definition) is 3. The molecule has 0 spiro atoms. The first kappa shape index (κ1) is 62.6. The number of nitrogens with one attached hydrogen (secondary N) is 1. The molecule has 4 heteroatoms. The average molecular weight is 905 g/mol. The molecule has 0 aromatic heterocycles. The molecule has 2 unspecified atom stereocenters. The van der Waals surface area contributed by atoms with Crippen LogP contribution in [0.4, 0.5) is 0 Å². The maximum Gasteiger partial charge on any atom is 0.220 e. The molecule has 0 aliphatic heterocycles. The van der Waals surface area contributed by atoms with Crippen molar-refractivity contribution in [1.82, 2.24) is 5.32 Å². The Morgan fingerprint density at radius 3 is 1.08 bits per heavy atom. The van der Waals surface area contributed by atoms with Gasteiger partial charge in [-0.3, -0.25) is 4.79 Å². The standard InChI is InChI=1S/C61H109NO3/c1-3-5-7-9-11-13-15-17-19-21-23-25-26-27-28-29-30-31-32-33-34-35-37-38-40-42-44-46-48-50-52-54-56-60(64)59(58-63)62-61(65)57-55-53-51-49-47-45-43-41-39-36-24-22-20-18-16-14-12-10-8-6-4-2/h6,8,12,14,18,20,24,36,41,43,46,48,54,56,59-60,63-64H,3-5,7,9-11,13,15-17,19,21-23,25-35,37-40,42,44-45,47,49-53,55,57-58H2,1-2H3,(H,62,65)/b8-6-,14-12-,20-18-,36-24-,43-41-,48-46+,56-54+. The van der Waals surface area contributed by atoms with Gasteiger partial charge < -0.3 is 15.5 Å².